The maximum absolute atomic E-state index is 13.2. The maximum Gasteiger partial charge on any atom is 0.324 e. The first-order valence-electron chi connectivity index (χ1n) is 11.7. The summed E-state index contributed by atoms with van der Waals surface area (Å²) < 4.78 is 32.8. The molecule has 8 nitrogen and oxygen atoms in total. The number of ether oxygens (including phenoxy) is 1. The summed E-state index contributed by atoms with van der Waals surface area (Å²) >= 11 is 0. The average Bonchev–Trinajstić information content (AvgIpc) is 2.80. The number of esters is 1. The highest BCUT2D eigenvalue weighted by atomic mass is 32.2. The second kappa shape index (κ2) is 10.8. The number of benzene rings is 1. The Hall–Kier alpha value is -2.26. The number of Topliss-reactive ketones (excluding diaryl/α,β-unsaturated/α-hetero) is 1. The van der Waals surface area contributed by atoms with Crippen molar-refractivity contribution in [1.29, 1.82) is 0 Å². The van der Waals surface area contributed by atoms with Crippen LogP contribution in [0.3, 0.4) is 0 Å². The maximum atomic E-state index is 13.2. The van der Waals surface area contributed by atoms with Crippen LogP contribution in [0.1, 0.15) is 69.7 Å². The van der Waals surface area contributed by atoms with E-state index in [0.29, 0.717) is 36.7 Å². The Kier molecular flexibility index (Phi) is 8.28. The molecule has 4 unspecified atom stereocenters. The lowest BCUT2D eigenvalue weighted by Crippen LogP contribution is -2.49. The van der Waals surface area contributed by atoms with Crippen molar-refractivity contribution in [3.8, 4) is 0 Å². The fourth-order valence-corrected chi connectivity index (χ4v) is 6.34. The van der Waals surface area contributed by atoms with Crippen LogP contribution in [0.2, 0.25) is 0 Å². The third kappa shape index (κ3) is 6.00. The molecular formula is C24H34N2O6S. The number of nitrogens with zero attached hydrogens (tertiary/aromatic N) is 1. The van der Waals surface area contributed by atoms with Gasteiger partial charge in [-0.05, 0) is 56.6 Å². The summed E-state index contributed by atoms with van der Waals surface area (Å²) in [5.74, 6) is -0.351. The largest absolute Gasteiger partial charge is 0.454 e. The number of carbonyl (C=O) groups is 3. The summed E-state index contributed by atoms with van der Waals surface area (Å²) in [7, 11) is -3.95. The van der Waals surface area contributed by atoms with Gasteiger partial charge in [-0.3, -0.25) is 14.4 Å². The second-order valence-corrected chi connectivity index (χ2v) is 11.1. The van der Waals surface area contributed by atoms with Gasteiger partial charge in [0.25, 0.3) is 5.91 Å². The zero-order valence-electron chi connectivity index (χ0n) is 19.6. The highest BCUT2D eigenvalue weighted by Gasteiger charge is 2.39. The van der Waals surface area contributed by atoms with Crippen molar-refractivity contribution in [2.24, 2.45) is 11.8 Å². The molecule has 1 saturated heterocycles. The molecule has 182 valence electrons. The summed E-state index contributed by atoms with van der Waals surface area (Å²) in [6, 6.07) is 4.77. The van der Waals surface area contributed by atoms with E-state index in [4.69, 9.17) is 4.74 Å². The molecule has 0 spiro atoms. The SMILES string of the molecule is CC(=O)c1ccc(S(=O)(=O)N2CCCCC2C(=O)OCC(=O)NC2CCCC(C)C2C)cc1. The Bertz CT molecular complexity index is 975. The molecule has 2 aliphatic rings. The Morgan fingerprint density at radius 2 is 1.73 bits per heavy atom. The van der Waals surface area contributed by atoms with Crippen molar-refractivity contribution in [3.63, 3.8) is 0 Å². The number of nitrogens with one attached hydrogen (secondary N) is 1. The van der Waals surface area contributed by atoms with E-state index >= 15 is 0 Å². The normalized spacial score (nSPS) is 26.4. The van der Waals surface area contributed by atoms with Gasteiger partial charge in [0, 0.05) is 18.2 Å². The summed E-state index contributed by atoms with van der Waals surface area (Å²) in [6.45, 7) is 5.48. The fraction of sp³-hybridized carbons (Fsp3) is 0.625. The summed E-state index contributed by atoms with van der Waals surface area (Å²) in [5, 5.41) is 2.96. The van der Waals surface area contributed by atoms with Crippen LogP contribution >= 0.6 is 0 Å². The number of hydrogen-bond donors (Lipinski definition) is 1. The van der Waals surface area contributed by atoms with E-state index in [2.05, 4.69) is 19.2 Å². The lowest BCUT2D eigenvalue weighted by Gasteiger charge is -2.35. The summed E-state index contributed by atoms with van der Waals surface area (Å²) in [4.78, 5) is 36.7. The molecule has 4 atom stereocenters. The van der Waals surface area contributed by atoms with Gasteiger partial charge < -0.3 is 10.1 Å². The van der Waals surface area contributed by atoms with Crippen molar-refractivity contribution in [2.45, 2.75) is 76.3 Å². The first-order valence-corrected chi connectivity index (χ1v) is 13.1. The van der Waals surface area contributed by atoms with E-state index < -0.39 is 28.6 Å². The molecular weight excluding hydrogens is 444 g/mol. The third-order valence-electron chi connectivity index (χ3n) is 6.99. The van der Waals surface area contributed by atoms with E-state index in [1.165, 1.54) is 31.2 Å². The molecule has 1 aliphatic carbocycles. The number of amides is 1. The smallest absolute Gasteiger partial charge is 0.324 e. The Morgan fingerprint density at radius 1 is 1.03 bits per heavy atom. The molecule has 0 bridgehead atoms. The first-order chi connectivity index (χ1) is 15.6. The monoisotopic (exact) mass is 478 g/mol. The van der Waals surface area contributed by atoms with Crippen molar-refractivity contribution in [1.82, 2.24) is 9.62 Å². The van der Waals surface area contributed by atoms with Gasteiger partial charge in [-0.1, -0.05) is 38.8 Å². The number of ketones is 1. The van der Waals surface area contributed by atoms with Crippen molar-refractivity contribution < 1.29 is 27.5 Å². The first kappa shape index (κ1) is 25.4. The number of hydrogen-bond acceptors (Lipinski definition) is 6. The van der Waals surface area contributed by atoms with Gasteiger partial charge in [-0.25, -0.2) is 8.42 Å². The lowest BCUT2D eigenvalue weighted by atomic mass is 9.78. The summed E-state index contributed by atoms with van der Waals surface area (Å²) in [6.07, 6.45) is 4.76. The quantitative estimate of drug-likeness (QED) is 0.477. The Morgan fingerprint density at radius 3 is 2.39 bits per heavy atom. The van der Waals surface area contributed by atoms with Crippen molar-refractivity contribution in [3.05, 3.63) is 29.8 Å². The molecule has 1 amide bonds. The molecule has 3 rings (SSSR count). The van der Waals surface area contributed by atoms with Gasteiger partial charge in [0.2, 0.25) is 10.0 Å². The van der Waals surface area contributed by atoms with Crippen molar-refractivity contribution >= 4 is 27.7 Å². The fourth-order valence-electron chi connectivity index (χ4n) is 4.69. The second-order valence-electron chi connectivity index (χ2n) is 9.26. The van der Waals surface area contributed by atoms with Crippen LogP contribution in [0.4, 0.5) is 0 Å². The van der Waals surface area contributed by atoms with E-state index in [-0.39, 0.29) is 29.2 Å². The van der Waals surface area contributed by atoms with E-state index in [1.807, 2.05) is 0 Å². The van der Waals surface area contributed by atoms with E-state index in [1.54, 1.807) is 0 Å². The predicted molar refractivity (Wildman–Crippen MR) is 123 cm³/mol. The van der Waals surface area contributed by atoms with Crippen LogP contribution < -0.4 is 5.32 Å². The van der Waals surface area contributed by atoms with Gasteiger partial charge in [0.05, 0.1) is 4.90 Å². The molecule has 1 aromatic rings. The molecule has 2 fully saturated rings. The van der Waals surface area contributed by atoms with Crippen molar-refractivity contribution in [2.75, 3.05) is 13.2 Å². The van der Waals surface area contributed by atoms with Crippen LogP contribution in [0.15, 0.2) is 29.2 Å². The van der Waals surface area contributed by atoms with Crippen LogP contribution in [0.5, 0.6) is 0 Å². The molecule has 1 heterocycles. The van der Waals surface area contributed by atoms with Gasteiger partial charge in [0.1, 0.15) is 6.04 Å². The molecule has 1 saturated carbocycles. The number of piperidine rings is 1. The van der Waals surface area contributed by atoms with E-state index in [9.17, 15) is 22.8 Å². The number of rotatable bonds is 7. The minimum Gasteiger partial charge on any atom is -0.454 e. The minimum atomic E-state index is -3.95. The van der Waals surface area contributed by atoms with Crippen LogP contribution in [0.25, 0.3) is 0 Å². The molecule has 1 N–H and O–H groups in total. The molecule has 1 aromatic carbocycles. The van der Waals surface area contributed by atoms with E-state index in [0.717, 1.165) is 23.6 Å². The van der Waals surface area contributed by atoms with Crippen LogP contribution in [0, 0.1) is 11.8 Å². The minimum absolute atomic E-state index is 0.0188. The highest BCUT2D eigenvalue weighted by Crippen LogP contribution is 2.29. The van der Waals surface area contributed by atoms with Gasteiger partial charge in [0.15, 0.2) is 12.4 Å². The standard InChI is InChI=1S/C24H34N2O6S/c1-16-7-6-8-21(17(16)2)25-23(28)15-32-24(29)22-9-4-5-14-26(22)33(30,31)20-12-10-19(11-13-20)18(3)27/h10-13,16-17,21-22H,4-9,14-15H2,1-3H3,(H,25,28). The Balaban J connectivity index is 1.63. The topological polar surface area (TPSA) is 110 Å². The lowest BCUT2D eigenvalue weighted by molar-refractivity contribution is -0.153. The molecule has 33 heavy (non-hydrogen) atoms. The number of carbonyl (C=O) groups excluding carboxylic acids is 3. The molecule has 1 aliphatic heterocycles. The molecule has 9 heteroatoms. The zero-order chi connectivity index (χ0) is 24.2. The number of sulfonamides is 1. The average molecular weight is 479 g/mol. The third-order valence-corrected chi connectivity index (χ3v) is 8.91. The molecule has 0 radical (unpaired) electrons. The van der Waals surface area contributed by atoms with Gasteiger partial charge in [-0.2, -0.15) is 4.31 Å². The van der Waals surface area contributed by atoms with Crippen LogP contribution in [-0.4, -0.2) is 55.6 Å². The predicted octanol–water partition coefficient (Wildman–Crippen LogP) is 2.92. The highest BCUT2D eigenvalue weighted by molar-refractivity contribution is 7.89. The van der Waals surface area contributed by atoms with Gasteiger partial charge >= 0.3 is 5.97 Å². The zero-order valence-corrected chi connectivity index (χ0v) is 20.4. The van der Waals surface area contributed by atoms with Crippen LogP contribution in [-0.2, 0) is 24.3 Å². The Labute approximate surface area is 196 Å². The van der Waals surface area contributed by atoms with Gasteiger partial charge in [-0.15, -0.1) is 0 Å². The molecule has 0 aromatic heterocycles. The summed E-state index contributed by atoms with van der Waals surface area (Å²) in [5.41, 5.74) is 0.413.